The van der Waals surface area contributed by atoms with Gasteiger partial charge in [-0.25, -0.2) is 0 Å². The average molecular weight is 403 g/mol. The van der Waals surface area contributed by atoms with Crippen LogP contribution in [0.4, 0.5) is 11.4 Å². The minimum Gasteiger partial charge on any atom is -0.378 e. The first kappa shape index (κ1) is 25.5. The number of carbonyl (C=O) groups excluding carboxylic acids is 1. The molecule has 0 heterocycles. The first-order chi connectivity index (χ1) is 14.1. The van der Waals surface area contributed by atoms with E-state index in [1.807, 2.05) is 43.3 Å². The molecule has 0 saturated heterocycles. The van der Waals surface area contributed by atoms with Crippen LogP contribution in [0.25, 0.3) is 0 Å². The van der Waals surface area contributed by atoms with Gasteiger partial charge in [-0.05, 0) is 24.6 Å². The fourth-order valence-corrected chi connectivity index (χ4v) is 3.74. The maximum atomic E-state index is 12.1. The number of unbranched alkanes of at least 4 members (excludes halogenated alkanes) is 14. The number of carbonyl (C=O) groups is 1. The lowest BCUT2D eigenvalue weighted by molar-refractivity contribution is -0.116. The van der Waals surface area contributed by atoms with Crippen LogP contribution in [0.15, 0.2) is 24.3 Å². The number of nitrogens with one attached hydrogen (secondary N) is 1. The lowest BCUT2D eigenvalue weighted by atomic mass is 10.0. The molecule has 0 atom stereocenters. The van der Waals surface area contributed by atoms with Crippen LogP contribution < -0.4 is 10.2 Å². The molecule has 0 fully saturated rings. The second kappa shape index (κ2) is 17.4. The number of amides is 1. The summed E-state index contributed by atoms with van der Waals surface area (Å²) in [4.78, 5) is 14.1. The highest BCUT2D eigenvalue weighted by Crippen LogP contribution is 2.18. The largest absolute Gasteiger partial charge is 0.378 e. The van der Waals surface area contributed by atoms with E-state index in [1.54, 1.807) is 0 Å². The molecule has 1 N–H and O–H groups in total. The first-order valence-corrected chi connectivity index (χ1v) is 12.2. The van der Waals surface area contributed by atoms with Crippen molar-refractivity contribution >= 4 is 17.3 Å². The Balaban J connectivity index is 1.89. The molecule has 1 aromatic rings. The van der Waals surface area contributed by atoms with Gasteiger partial charge in [0.05, 0.1) is 0 Å². The zero-order valence-electron chi connectivity index (χ0n) is 19.5. The fourth-order valence-electron chi connectivity index (χ4n) is 3.74. The van der Waals surface area contributed by atoms with Gasteiger partial charge in [-0.3, -0.25) is 4.79 Å². The Morgan fingerprint density at radius 1 is 0.759 bits per heavy atom. The summed E-state index contributed by atoms with van der Waals surface area (Å²) in [6.45, 7) is 2.28. The highest BCUT2D eigenvalue weighted by Gasteiger charge is 2.04. The Kier molecular flexibility index (Phi) is 15.3. The summed E-state index contributed by atoms with van der Waals surface area (Å²) in [7, 11) is 4.02. The third kappa shape index (κ3) is 14.2. The van der Waals surface area contributed by atoms with E-state index in [4.69, 9.17) is 0 Å². The maximum absolute atomic E-state index is 12.1. The number of hydrogen-bond acceptors (Lipinski definition) is 2. The molecule has 1 rings (SSSR count). The third-order valence-electron chi connectivity index (χ3n) is 5.65. The molecule has 1 amide bonds. The molecule has 1 aromatic carbocycles. The Morgan fingerprint density at radius 3 is 1.72 bits per heavy atom. The number of benzene rings is 1. The van der Waals surface area contributed by atoms with Gasteiger partial charge in [0, 0.05) is 31.9 Å². The molecule has 0 aliphatic heterocycles. The van der Waals surface area contributed by atoms with E-state index in [-0.39, 0.29) is 5.91 Å². The smallest absolute Gasteiger partial charge is 0.224 e. The summed E-state index contributed by atoms with van der Waals surface area (Å²) in [6.07, 6.45) is 20.9. The van der Waals surface area contributed by atoms with E-state index < -0.39 is 0 Å². The van der Waals surface area contributed by atoms with E-state index in [9.17, 15) is 4.79 Å². The Bertz CT molecular complexity index is 527. The van der Waals surface area contributed by atoms with Crippen molar-refractivity contribution < 1.29 is 4.79 Å². The Labute approximate surface area is 180 Å². The molecule has 29 heavy (non-hydrogen) atoms. The summed E-state index contributed by atoms with van der Waals surface area (Å²) in [6, 6.07) is 8.00. The molecule has 3 heteroatoms. The summed E-state index contributed by atoms with van der Waals surface area (Å²) < 4.78 is 0. The van der Waals surface area contributed by atoms with Crippen LogP contribution in [-0.2, 0) is 4.79 Å². The van der Waals surface area contributed by atoms with E-state index >= 15 is 0 Å². The second-order valence-electron chi connectivity index (χ2n) is 8.69. The number of hydrogen-bond donors (Lipinski definition) is 1. The molecular weight excluding hydrogens is 356 g/mol. The minimum absolute atomic E-state index is 0.135. The summed E-state index contributed by atoms with van der Waals surface area (Å²) in [5, 5.41) is 3.02. The first-order valence-electron chi connectivity index (χ1n) is 12.2. The molecule has 0 spiro atoms. The van der Waals surface area contributed by atoms with Crippen molar-refractivity contribution in [3.63, 3.8) is 0 Å². The lowest BCUT2D eigenvalue weighted by Crippen LogP contribution is -2.13. The molecule has 0 bridgehead atoms. The molecule has 0 aliphatic rings. The van der Waals surface area contributed by atoms with Crippen molar-refractivity contribution in [1.82, 2.24) is 0 Å². The van der Waals surface area contributed by atoms with E-state index in [0.29, 0.717) is 6.42 Å². The minimum atomic E-state index is 0.135. The second-order valence-corrected chi connectivity index (χ2v) is 8.69. The van der Waals surface area contributed by atoms with Gasteiger partial charge >= 0.3 is 0 Å². The number of nitrogens with zero attached hydrogens (tertiary/aromatic N) is 1. The molecule has 166 valence electrons. The molecule has 3 nitrogen and oxygen atoms in total. The third-order valence-corrected chi connectivity index (χ3v) is 5.65. The van der Waals surface area contributed by atoms with Crippen molar-refractivity contribution in [3.8, 4) is 0 Å². The summed E-state index contributed by atoms with van der Waals surface area (Å²) in [5.41, 5.74) is 2.00. The van der Waals surface area contributed by atoms with Gasteiger partial charge in [-0.15, -0.1) is 0 Å². The normalized spacial score (nSPS) is 10.9. The monoisotopic (exact) mass is 402 g/mol. The van der Waals surface area contributed by atoms with Crippen molar-refractivity contribution in [3.05, 3.63) is 24.3 Å². The van der Waals surface area contributed by atoms with E-state index in [0.717, 1.165) is 17.8 Å². The maximum Gasteiger partial charge on any atom is 0.224 e. The molecule has 0 radical (unpaired) electrons. The van der Waals surface area contributed by atoms with Crippen molar-refractivity contribution in [2.75, 3.05) is 24.3 Å². The van der Waals surface area contributed by atoms with Crippen LogP contribution in [0, 0.1) is 0 Å². The van der Waals surface area contributed by atoms with Crippen LogP contribution in [-0.4, -0.2) is 20.0 Å². The summed E-state index contributed by atoms with van der Waals surface area (Å²) >= 11 is 0. The molecular formula is C26H46N2O. The van der Waals surface area contributed by atoms with E-state index in [2.05, 4.69) is 12.2 Å². The SMILES string of the molecule is CCCCCCCCCCCCCCCCCC(=O)Nc1cccc(N(C)C)c1. The molecule has 0 aromatic heterocycles. The van der Waals surface area contributed by atoms with Gasteiger partial charge in [-0.1, -0.05) is 103 Å². The van der Waals surface area contributed by atoms with Crippen LogP contribution in [0.3, 0.4) is 0 Å². The fraction of sp³-hybridized carbons (Fsp3) is 0.731. The molecule has 0 saturated carbocycles. The van der Waals surface area contributed by atoms with Crippen molar-refractivity contribution in [2.24, 2.45) is 0 Å². The van der Waals surface area contributed by atoms with Crippen molar-refractivity contribution in [1.29, 1.82) is 0 Å². The predicted octanol–water partition coefficient (Wildman–Crippen LogP) is 7.95. The van der Waals surface area contributed by atoms with Gasteiger partial charge < -0.3 is 10.2 Å². The van der Waals surface area contributed by atoms with Crippen LogP contribution in [0.5, 0.6) is 0 Å². The number of anilines is 2. The highest BCUT2D eigenvalue weighted by atomic mass is 16.1. The van der Waals surface area contributed by atoms with Gasteiger partial charge in [0.25, 0.3) is 0 Å². The van der Waals surface area contributed by atoms with Gasteiger partial charge in [0.1, 0.15) is 0 Å². The van der Waals surface area contributed by atoms with Gasteiger partial charge in [0.2, 0.25) is 5.91 Å². The van der Waals surface area contributed by atoms with Crippen LogP contribution in [0.1, 0.15) is 110 Å². The average Bonchev–Trinajstić information content (AvgIpc) is 2.71. The predicted molar refractivity (Wildman–Crippen MR) is 129 cm³/mol. The van der Waals surface area contributed by atoms with Gasteiger partial charge in [-0.2, -0.15) is 0 Å². The highest BCUT2D eigenvalue weighted by molar-refractivity contribution is 5.91. The molecule has 0 aliphatic carbocycles. The Hall–Kier alpha value is -1.51. The lowest BCUT2D eigenvalue weighted by Gasteiger charge is -2.14. The van der Waals surface area contributed by atoms with Gasteiger partial charge in [0.15, 0.2) is 0 Å². The van der Waals surface area contributed by atoms with Crippen molar-refractivity contribution in [2.45, 2.75) is 110 Å². The quantitative estimate of drug-likeness (QED) is 0.253. The topological polar surface area (TPSA) is 32.3 Å². The Morgan fingerprint density at radius 2 is 1.24 bits per heavy atom. The van der Waals surface area contributed by atoms with Crippen LogP contribution >= 0.6 is 0 Å². The standard InChI is InChI=1S/C26H46N2O/c1-4-5-6-7-8-9-10-11-12-13-14-15-16-17-18-22-26(29)27-24-20-19-21-25(23-24)28(2)3/h19-21,23H,4-18,22H2,1-3H3,(H,27,29). The number of rotatable bonds is 18. The molecule has 0 unspecified atom stereocenters. The zero-order valence-corrected chi connectivity index (χ0v) is 19.5. The zero-order chi connectivity index (χ0) is 21.2. The summed E-state index contributed by atoms with van der Waals surface area (Å²) in [5.74, 6) is 0.135. The van der Waals surface area contributed by atoms with E-state index in [1.165, 1.54) is 89.9 Å². The van der Waals surface area contributed by atoms with Crippen LogP contribution in [0.2, 0.25) is 0 Å².